The van der Waals surface area contributed by atoms with Crippen LogP contribution in [0.1, 0.15) is 106 Å². The van der Waals surface area contributed by atoms with Crippen LogP contribution in [0.3, 0.4) is 0 Å². The number of carbonyl (C=O) groups is 9. The van der Waals surface area contributed by atoms with Crippen molar-refractivity contribution < 1.29 is 58.5 Å². The van der Waals surface area contributed by atoms with E-state index in [1.54, 1.807) is 38.2 Å². The molecule has 0 radical (unpaired) electrons. The van der Waals surface area contributed by atoms with Crippen LogP contribution in [-0.2, 0) is 49.6 Å². The van der Waals surface area contributed by atoms with E-state index >= 15 is 0 Å². The first-order valence-electron chi connectivity index (χ1n) is 25.7. The molecule has 23 nitrogen and oxygen atoms in total. The summed E-state index contributed by atoms with van der Waals surface area (Å²) < 4.78 is 0. The standard InChI is InChI=1S/C51H85N11O12S/c1-27(2)20-33(53)43(65)60-40(25-63)49(71)61-41(26-64)48(70)58-39(23-31-24-54-34-15-11-10-14-32(31)34)47(69)62-42(30(7)8)50(72)59-38(22-29(5)6)46(68)57-37(21-28(3)4)45(67)55-35(17-19-75-9)44(66)56-36(51(73)74)16-12-13-18-52/h10-11,14-15,24,27-30,33,35-42,54,63-64H,12-13,16-23,25-26,52-53H2,1-9H3,(H,55,67)(H,56,66)(H,57,68)(H,58,70)(H,59,72)(H,60,65)(H,61,71)(H,62,69)(H,73,74)/t33-,35-,36-,37-,38-,39-,40-,41-,42-/m0/s1. The Labute approximate surface area is 444 Å². The van der Waals surface area contributed by atoms with Gasteiger partial charge in [-0.1, -0.05) is 73.6 Å². The van der Waals surface area contributed by atoms with Crippen molar-refractivity contribution in [1.29, 1.82) is 0 Å². The predicted molar refractivity (Wildman–Crippen MR) is 286 cm³/mol. The van der Waals surface area contributed by atoms with Crippen molar-refractivity contribution in [2.45, 2.75) is 161 Å². The number of aromatic amines is 1. The highest BCUT2D eigenvalue weighted by molar-refractivity contribution is 7.98. The van der Waals surface area contributed by atoms with Gasteiger partial charge >= 0.3 is 5.97 Å². The van der Waals surface area contributed by atoms with Crippen LogP contribution in [0, 0.1) is 23.7 Å². The number of amides is 8. The van der Waals surface area contributed by atoms with Gasteiger partial charge in [-0.25, -0.2) is 4.79 Å². The van der Waals surface area contributed by atoms with E-state index < -0.39 is 127 Å². The summed E-state index contributed by atoms with van der Waals surface area (Å²) >= 11 is 1.42. The fraction of sp³-hybridized carbons (Fsp3) is 0.667. The molecule has 2 aromatic rings. The number of aliphatic hydroxyl groups is 2. The number of carboxylic acid groups (broad SMARTS) is 1. The molecule has 75 heavy (non-hydrogen) atoms. The topological polar surface area (TPSA) is 378 Å². The number of aliphatic hydroxyl groups excluding tert-OH is 2. The molecule has 2 rings (SSSR count). The lowest BCUT2D eigenvalue weighted by atomic mass is 9.97. The summed E-state index contributed by atoms with van der Waals surface area (Å²) in [4.78, 5) is 125. The average molecular weight is 1080 g/mol. The van der Waals surface area contributed by atoms with Gasteiger partial charge in [0.15, 0.2) is 0 Å². The third-order valence-corrected chi connectivity index (χ3v) is 12.8. The molecule has 0 bridgehead atoms. The number of carboxylic acids is 1. The summed E-state index contributed by atoms with van der Waals surface area (Å²) in [6, 6.07) is -4.49. The van der Waals surface area contributed by atoms with Gasteiger partial charge < -0.3 is 74.3 Å². The zero-order chi connectivity index (χ0) is 56.5. The number of thioether (sulfide) groups is 1. The molecule has 0 aliphatic rings. The van der Waals surface area contributed by atoms with Gasteiger partial charge in [-0.2, -0.15) is 11.8 Å². The van der Waals surface area contributed by atoms with Gasteiger partial charge in [0.05, 0.1) is 19.3 Å². The minimum Gasteiger partial charge on any atom is -0.480 e. The quantitative estimate of drug-likeness (QED) is 0.0393. The fourth-order valence-electron chi connectivity index (χ4n) is 8.08. The first kappa shape index (κ1) is 65.3. The van der Waals surface area contributed by atoms with Crippen LogP contribution >= 0.6 is 11.8 Å². The zero-order valence-corrected chi connectivity index (χ0v) is 45.8. The van der Waals surface area contributed by atoms with Crippen molar-refractivity contribution in [3.05, 3.63) is 36.0 Å². The summed E-state index contributed by atoms with van der Waals surface area (Å²) in [5.74, 6) is -8.08. The highest BCUT2D eigenvalue weighted by Gasteiger charge is 2.36. The van der Waals surface area contributed by atoms with Crippen molar-refractivity contribution >= 4 is 75.9 Å². The molecule has 0 fully saturated rings. The Hall–Kier alpha value is -5.82. The number of nitrogens with two attached hydrogens (primary N) is 2. The van der Waals surface area contributed by atoms with Gasteiger partial charge in [0.25, 0.3) is 0 Å². The monoisotopic (exact) mass is 1080 g/mol. The Kier molecular flexibility index (Phi) is 29.0. The Balaban J connectivity index is 2.42. The van der Waals surface area contributed by atoms with Crippen LogP contribution in [0.15, 0.2) is 30.5 Å². The number of carbonyl (C=O) groups excluding carboxylic acids is 8. The maximum absolute atomic E-state index is 14.4. The second kappa shape index (κ2) is 33.3. The van der Waals surface area contributed by atoms with E-state index in [-0.39, 0.29) is 49.9 Å². The molecule has 1 aromatic carbocycles. The molecule has 0 saturated heterocycles. The number of para-hydroxylation sites is 1. The smallest absolute Gasteiger partial charge is 0.326 e. The van der Waals surface area contributed by atoms with E-state index in [1.165, 1.54) is 11.8 Å². The molecule has 0 aliphatic heterocycles. The summed E-state index contributed by atoms with van der Waals surface area (Å²) in [6.07, 6.45) is 5.17. The summed E-state index contributed by atoms with van der Waals surface area (Å²) in [6.45, 7) is 12.9. The lowest BCUT2D eigenvalue weighted by Gasteiger charge is -2.30. The molecule has 24 heteroatoms. The minimum atomic E-state index is -1.67. The van der Waals surface area contributed by atoms with Crippen molar-refractivity contribution in [1.82, 2.24) is 47.5 Å². The number of fused-ring (bicyclic) bond motifs is 1. The Morgan fingerprint density at radius 1 is 0.560 bits per heavy atom. The Morgan fingerprint density at radius 3 is 1.52 bits per heavy atom. The fourth-order valence-corrected chi connectivity index (χ4v) is 8.56. The van der Waals surface area contributed by atoms with Crippen molar-refractivity contribution in [2.24, 2.45) is 35.1 Å². The van der Waals surface area contributed by atoms with Crippen molar-refractivity contribution in [3.63, 3.8) is 0 Å². The molecule has 16 N–H and O–H groups in total. The minimum absolute atomic E-state index is 0.0524. The van der Waals surface area contributed by atoms with Gasteiger partial charge in [-0.15, -0.1) is 0 Å². The third-order valence-electron chi connectivity index (χ3n) is 12.2. The Morgan fingerprint density at radius 2 is 1.01 bits per heavy atom. The number of unbranched alkanes of at least 4 members (excludes halogenated alkanes) is 1. The van der Waals surface area contributed by atoms with Gasteiger partial charge in [0.1, 0.15) is 48.3 Å². The lowest BCUT2D eigenvalue weighted by molar-refractivity contribution is -0.142. The third kappa shape index (κ3) is 22.5. The number of hydrogen-bond donors (Lipinski definition) is 14. The van der Waals surface area contributed by atoms with Crippen LogP contribution in [0.2, 0.25) is 0 Å². The Bertz CT molecular complexity index is 2190. The molecule has 0 saturated carbocycles. The lowest BCUT2D eigenvalue weighted by Crippen LogP contribution is -2.62. The number of hydrogen-bond acceptors (Lipinski definition) is 14. The molecular weight excluding hydrogens is 991 g/mol. The van der Waals surface area contributed by atoms with E-state index in [9.17, 15) is 58.5 Å². The summed E-state index contributed by atoms with van der Waals surface area (Å²) in [7, 11) is 0. The number of nitrogens with one attached hydrogen (secondary N) is 9. The largest absolute Gasteiger partial charge is 0.480 e. The second-order valence-electron chi connectivity index (χ2n) is 20.5. The maximum atomic E-state index is 14.4. The van der Waals surface area contributed by atoms with E-state index in [2.05, 4.69) is 47.5 Å². The van der Waals surface area contributed by atoms with Crippen LogP contribution < -0.4 is 54.0 Å². The molecule has 1 heterocycles. The second-order valence-corrected chi connectivity index (χ2v) is 21.5. The van der Waals surface area contributed by atoms with Gasteiger partial charge in [0.2, 0.25) is 47.3 Å². The number of aromatic nitrogens is 1. The van der Waals surface area contributed by atoms with E-state index in [0.29, 0.717) is 37.1 Å². The molecule has 0 aliphatic carbocycles. The number of benzene rings is 1. The van der Waals surface area contributed by atoms with Crippen LogP contribution in [-0.4, -0.2) is 160 Å². The van der Waals surface area contributed by atoms with Crippen LogP contribution in [0.5, 0.6) is 0 Å². The molecule has 9 atom stereocenters. The van der Waals surface area contributed by atoms with E-state index in [0.717, 1.165) is 10.9 Å². The van der Waals surface area contributed by atoms with Crippen LogP contribution in [0.4, 0.5) is 0 Å². The van der Waals surface area contributed by atoms with Crippen molar-refractivity contribution in [2.75, 3.05) is 31.8 Å². The van der Waals surface area contributed by atoms with Gasteiger partial charge in [0, 0.05) is 23.5 Å². The zero-order valence-electron chi connectivity index (χ0n) is 45.0. The van der Waals surface area contributed by atoms with E-state index in [4.69, 9.17) is 11.5 Å². The number of rotatable bonds is 35. The van der Waals surface area contributed by atoms with Crippen LogP contribution in [0.25, 0.3) is 10.9 Å². The molecule has 422 valence electrons. The van der Waals surface area contributed by atoms with E-state index in [1.807, 2.05) is 53.9 Å². The molecule has 0 unspecified atom stereocenters. The summed E-state index contributed by atoms with van der Waals surface area (Å²) in [5, 5.41) is 51.5. The molecule has 0 spiro atoms. The van der Waals surface area contributed by atoms with Crippen molar-refractivity contribution in [3.8, 4) is 0 Å². The molecular formula is C51H85N11O12S. The predicted octanol–water partition coefficient (Wildman–Crippen LogP) is -0.338. The highest BCUT2D eigenvalue weighted by Crippen LogP contribution is 2.20. The SMILES string of the molecule is CSCC[C@H](NC(=O)[C@H](CC(C)C)NC(=O)[C@H](CC(C)C)NC(=O)[C@@H](NC(=O)[C@H](Cc1c[nH]c2ccccc12)NC(=O)[C@H](CO)NC(=O)[C@H](CO)NC(=O)[C@@H](N)CC(C)C)C(C)C)C(=O)N[C@@H](CCCCN)C(=O)O. The van der Waals surface area contributed by atoms with Gasteiger partial charge in [-0.3, -0.25) is 38.4 Å². The molecule has 1 aromatic heterocycles. The first-order valence-corrected chi connectivity index (χ1v) is 27.1. The van der Waals surface area contributed by atoms with Gasteiger partial charge in [-0.05, 0) is 98.8 Å². The highest BCUT2D eigenvalue weighted by atomic mass is 32.2. The summed E-state index contributed by atoms with van der Waals surface area (Å²) in [5.41, 5.74) is 12.8. The number of H-pyrrole nitrogens is 1. The first-order chi connectivity index (χ1) is 35.4. The maximum Gasteiger partial charge on any atom is 0.326 e. The average Bonchev–Trinajstić information content (AvgIpc) is 3.75. The number of aliphatic carboxylic acids is 1. The normalized spacial score (nSPS) is 15.2. The molecule has 8 amide bonds.